The molecule has 1 aliphatic heterocycles. The van der Waals surface area contributed by atoms with Crippen LogP contribution in [0.25, 0.3) is 0 Å². The first kappa shape index (κ1) is 16.7. The molecule has 0 saturated heterocycles. The Morgan fingerprint density at radius 3 is 2.67 bits per heavy atom. The van der Waals surface area contributed by atoms with Gasteiger partial charge < -0.3 is 15.2 Å². The lowest BCUT2D eigenvalue weighted by Crippen LogP contribution is -2.36. The van der Waals surface area contributed by atoms with Gasteiger partial charge in [0.2, 0.25) is 0 Å². The zero-order valence-corrected chi connectivity index (χ0v) is 15.5. The summed E-state index contributed by atoms with van der Waals surface area (Å²) in [5.74, 6) is 2.45. The molecule has 2 aliphatic carbocycles. The molecule has 2 bridgehead atoms. The van der Waals surface area contributed by atoms with Crippen LogP contribution in [0, 0.1) is 17.8 Å². The number of rotatable bonds is 4. The first-order valence-corrected chi connectivity index (χ1v) is 10.0. The fraction of sp³-hybridized carbons (Fsp3) is 0.435. The van der Waals surface area contributed by atoms with E-state index < -0.39 is 5.97 Å². The molecule has 4 nitrogen and oxygen atoms in total. The fourth-order valence-corrected chi connectivity index (χ4v) is 5.96. The van der Waals surface area contributed by atoms with Gasteiger partial charge in [0, 0.05) is 0 Å². The quantitative estimate of drug-likeness (QED) is 0.795. The number of anilines is 1. The maximum atomic E-state index is 11.8. The number of carboxylic acid groups (broad SMARTS) is 1. The van der Waals surface area contributed by atoms with Crippen LogP contribution in [0.2, 0.25) is 0 Å². The van der Waals surface area contributed by atoms with Crippen LogP contribution in [0.3, 0.4) is 0 Å². The van der Waals surface area contributed by atoms with Crippen molar-refractivity contribution >= 4 is 11.7 Å². The molecule has 2 fully saturated rings. The molecule has 1 heterocycles. The van der Waals surface area contributed by atoms with E-state index in [9.17, 15) is 9.90 Å². The van der Waals surface area contributed by atoms with Crippen molar-refractivity contribution < 1.29 is 14.6 Å². The second-order valence-corrected chi connectivity index (χ2v) is 8.14. The van der Waals surface area contributed by atoms with E-state index in [0.29, 0.717) is 29.9 Å². The first-order valence-electron chi connectivity index (χ1n) is 10.0. The van der Waals surface area contributed by atoms with E-state index in [2.05, 4.69) is 23.5 Å². The van der Waals surface area contributed by atoms with Crippen molar-refractivity contribution in [3.63, 3.8) is 0 Å². The molecule has 0 spiro atoms. The van der Waals surface area contributed by atoms with Crippen LogP contribution in [0.5, 0.6) is 5.75 Å². The van der Waals surface area contributed by atoms with E-state index in [-0.39, 0.29) is 6.04 Å². The van der Waals surface area contributed by atoms with Gasteiger partial charge in [-0.2, -0.15) is 0 Å². The van der Waals surface area contributed by atoms with E-state index in [0.717, 1.165) is 17.4 Å². The summed E-state index contributed by atoms with van der Waals surface area (Å²) < 4.78 is 5.59. The molecule has 2 N–H and O–H groups in total. The van der Waals surface area contributed by atoms with Crippen LogP contribution in [0.15, 0.2) is 42.5 Å². The summed E-state index contributed by atoms with van der Waals surface area (Å²) in [6.45, 7) is 2.64. The Bertz CT molecular complexity index is 876. The zero-order chi connectivity index (χ0) is 18.5. The molecule has 140 valence electrons. The largest absolute Gasteiger partial charge is 0.494 e. The maximum absolute atomic E-state index is 11.8. The van der Waals surface area contributed by atoms with Crippen LogP contribution in [0.4, 0.5) is 5.69 Å². The number of para-hydroxylation sites is 1. The second kappa shape index (κ2) is 6.29. The summed E-state index contributed by atoms with van der Waals surface area (Å²) >= 11 is 0. The van der Waals surface area contributed by atoms with Crippen molar-refractivity contribution in [2.24, 2.45) is 17.8 Å². The highest BCUT2D eigenvalue weighted by atomic mass is 16.5. The van der Waals surface area contributed by atoms with Gasteiger partial charge in [-0.05, 0) is 79.2 Å². The van der Waals surface area contributed by atoms with Crippen molar-refractivity contribution in [2.45, 2.75) is 38.1 Å². The van der Waals surface area contributed by atoms with E-state index in [1.54, 1.807) is 6.07 Å². The van der Waals surface area contributed by atoms with Gasteiger partial charge in [-0.15, -0.1) is 0 Å². The standard InChI is InChI=1S/C23H25NO3/c1-2-27-16-10-8-13(9-11-16)21-20-15-7-6-14(12-15)19(20)17-4-3-5-18(23(25)26)22(17)24-21/h3-5,8-11,14-15,19-21,24H,2,6-7,12H2,1H3,(H,25,26)/t14-,15-,19-,20-,21-/m0/s1. The van der Waals surface area contributed by atoms with Gasteiger partial charge >= 0.3 is 5.97 Å². The van der Waals surface area contributed by atoms with Crippen molar-refractivity contribution in [3.8, 4) is 5.75 Å². The number of nitrogens with one attached hydrogen (secondary N) is 1. The fourth-order valence-electron chi connectivity index (χ4n) is 5.96. The van der Waals surface area contributed by atoms with E-state index in [4.69, 9.17) is 4.74 Å². The first-order chi connectivity index (χ1) is 13.2. The van der Waals surface area contributed by atoms with Gasteiger partial charge in [0.05, 0.1) is 23.9 Å². The number of carboxylic acids is 1. The molecule has 2 aromatic rings. The average Bonchev–Trinajstić information content (AvgIpc) is 3.30. The van der Waals surface area contributed by atoms with Crippen molar-refractivity contribution in [3.05, 3.63) is 59.2 Å². The smallest absolute Gasteiger partial charge is 0.337 e. The molecule has 5 atom stereocenters. The highest BCUT2D eigenvalue weighted by Crippen LogP contribution is 2.64. The maximum Gasteiger partial charge on any atom is 0.337 e. The number of carbonyl (C=O) groups is 1. The number of aromatic carboxylic acids is 1. The summed E-state index contributed by atoms with van der Waals surface area (Å²) in [5, 5.41) is 13.4. The lowest BCUT2D eigenvalue weighted by molar-refractivity contribution is 0.0697. The van der Waals surface area contributed by atoms with Gasteiger partial charge in [-0.25, -0.2) is 4.79 Å². The lowest BCUT2D eigenvalue weighted by atomic mass is 9.67. The highest BCUT2D eigenvalue weighted by Gasteiger charge is 2.54. The molecule has 27 heavy (non-hydrogen) atoms. The normalized spacial score (nSPS) is 30.3. The zero-order valence-electron chi connectivity index (χ0n) is 15.5. The van der Waals surface area contributed by atoms with Crippen molar-refractivity contribution in [1.82, 2.24) is 0 Å². The molecule has 0 amide bonds. The second-order valence-electron chi connectivity index (χ2n) is 8.14. The SMILES string of the molecule is CCOc1ccc([C@@H]2Nc3c(C(=O)O)cccc3[C@@H]3[C@H]4CC[C@@H](C4)[C@@H]32)cc1. The molecule has 3 aliphatic rings. The Hall–Kier alpha value is -2.49. The van der Waals surface area contributed by atoms with Crippen LogP contribution in [-0.4, -0.2) is 17.7 Å². The topological polar surface area (TPSA) is 58.6 Å². The number of ether oxygens (including phenoxy) is 1. The predicted octanol–water partition coefficient (Wildman–Crippen LogP) is 5.08. The predicted molar refractivity (Wildman–Crippen MR) is 104 cm³/mol. The average molecular weight is 363 g/mol. The molecule has 5 rings (SSSR count). The van der Waals surface area contributed by atoms with E-state index in [1.165, 1.54) is 30.4 Å². The van der Waals surface area contributed by atoms with Crippen LogP contribution in [0.1, 0.15) is 59.6 Å². The van der Waals surface area contributed by atoms with Crippen LogP contribution < -0.4 is 10.1 Å². The summed E-state index contributed by atoms with van der Waals surface area (Å²) in [7, 11) is 0. The summed E-state index contributed by atoms with van der Waals surface area (Å²) in [6.07, 6.45) is 3.86. The van der Waals surface area contributed by atoms with Gasteiger partial charge in [0.15, 0.2) is 0 Å². The Labute approximate surface area is 159 Å². The molecule has 0 radical (unpaired) electrons. The summed E-state index contributed by atoms with van der Waals surface area (Å²) in [5.41, 5.74) is 3.67. The number of benzene rings is 2. The van der Waals surface area contributed by atoms with E-state index >= 15 is 0 Å². The van der Waals surface area contributed by atoms with Crippen molar-refractivity contribution in [2.75, 3.05) is 11.9 Å². The highest BCUT2D eigenvalue weighted by molar-refractivity contribution is 5.95. The summed E-state index contributed by atoms with van der Waals surface area (Å²) in [4.78, 5) is 11.8. The van der Waals surface area contributed by atoms with E-state index in [1.807, 2.05) is 25.1 Å². The molecule has 2 aromatic carbocycles. The van der Waals surface area contributed by atoms with Crippen LogP contribution >= 0.6 is 0 Å². The molecular weight excluding hydrogens is 338 g/mol. The molecular formula is C23H25NO3. The molecule has 0 unspecified atom stereocenters. The van der Waals surface area contributed by atoms with Gasteiger partial charge in [0.25, 0.3) is 0 Å². The Morgan fingerprint density at radius 2 is 1.93 bits per heavy atom. The number of hydrogen-bond acceptors (Lipinski definition) is 3. The number of hydrogen-bond donors (Lipinski definition) is 2. The third-order valence-corrected chi connectivity index (χ3v) is 6.90. The monoisotopic (exact) mass is 363 g/mol. The number of fused-ring (bicyclic) bond motifs is 7. The molecule has 2 saturated carbocycles. The minimum Gasteiger partial charge on any atom is -0.494 e. The molecule has 0 aromatic heterocycles. The summed E-state index contributed by atoms with van der Waals surface area (Å²) in [6, 6.07) is 14.3. The Morgan fingerprint density at radius 1 is 1.15 bits per heavy atom. The van der Waals surface area contributed by atoms with Gasteiger partial charge in [0.1, 0.15) is 5.75 Å². The Balaban J connectivity index is 1.59. The minimum absolute atomic E-state index is 0.161. The minimum atomic E-state index is -0.855. The molecule has 4 heteroatoms. The van der Waals surface area contributed by atoms with Crippen LogP contribution in [-0.2, 0) is 0 Å². The van der Waals surface area contributed by atoms with Gasteiger partial charge in [-0.3, -0.25) is 0 Å². The van der Waals surface area contributed by atoms with Crippen molar-refractivity contribution in [1.29, 1.82) is 0 Å². The third kappa shape index (κ3) is 2.53. The third-order valence-electron chi connectivity index (χ3n) is 6.90. The van der Waals surface area contributed by atoms with Gasteiger partial charge in [-0.1, -0.05) is 24.3 Å². The lowest BCUT2D eigenvalue weighted by Gasteiger charge is -2.44. The Kier molecular flexibility index (Phi) is 3.88.